The first-order valence-electron chi connectivity index (χ1n) is 7.40. The van der Waals surface area contributed by atoms with E-state index in [2.05, 4.69) is 15.9 Å². The quantitative estimate of drug-likeness (QED) is 0.687. The first-order valence-corrected chi connectivity index (χ1v) is 8.15. The highest BCUT2D eigenvalue weighted by Crippen LogP contribution is 2.28. The summed E-state index contributed by atoms with van der Waals surface area (Å²) in [4.78, 5) is 20.6. The summed E-state index contributed by atoms with van der Waals surface area (Å²) in [6.45, 7) is 0.883. The van der Waals surface area contributed by atoms with Crippen molar-refractivity contribution in [3.05, 3.63) is 62.4 Å². The Bertz CT molecular complexity index is 1040. The number of H-pyrrole nitrogens is 1. The number of rotatable bonds is 4. The number of hydrogen-bond donors (Lipinski definition) is 2. The zero-order valence-corrected chi connectivity index (χ0v) is 14.6. The first kappa shape index (κ1) is 17.2. The second-order valence-electron chi connectivity index (χ2n) is 5.46. The van der Waals surface area contributed by atoms with E-state index in [-0.39, 0.29) is 11.5 Å². The Kier molecular flexibility index (Phi) is 4.84. The fourth-order valence-electron chi connectivity index (χ4n) is 2.55. The Morgan fingerprint density at radius 2 is 2.00 bits per heavy atom. The molecule has 0 saturated heterocycles. The molecule has 0 atom stereocenters. The number of hydrogen-bond acceptors (Lipinski definition) is 4. The van der Waals surface area contributed by atoms with Gasteiger partial charge in [0.15, 0.2) is 0 Å². The molecular weight excluding hydrogens is 359 g/mol. The maximum Gasteiger partial charge on any atom is 0.260 e. The normalized spacial score (nSPS) is 10.6. The molecular formula is C18H14Cl2N4O. The van der Waals surface area contributed by atoms with Crippen LogP contribution in [0, 0.1) is 12.3 Å². The molecule has 3 rings (SSSR count). The first-order chi connectivity index (χ1) is 12.0. The molecule has 0 bridgehead atoms. The minimum Gasteiger partial charge on any atom is -0.369 e. The lowest BCUT2D eigenvalue weighted by Gasteiger charge is -2.23. The number of fused-ring (bicyclic) bond motifs is 1. The maximum atomic E-state index is 12.1. The van der Waals surface area contributed by atoms with Crippen molar-refractivity contribution in [2.75, 3.05) is 17.2 Å². The van der Waals surface area contributed by atoms with Crippen LogP contribution in [0.2, 0.25) is 10.0 Å². The third-order valence-electron chi connectivity index (χ3n) is 3.71. The van der Waals surface area contributed by atoms with Crippen LogP contribution in [0.5, 0.6) is 0 Å². The lowest BCUT2D eigenvalue weighted by atomic mass is 10.1. The van der Waals surface area contributed by atoms with E-state index in [1.165, 1.54) is 0 Å². The van der Waals surface area contributed by atoms with Gasteiger partial charge in [0.05, 0.1) is 27.5 Å². The van der Waals surface area contributed by atoms with E-state index in [1.807, 2.05) is 17.0 Å². The van der Waals surface area contributed by atoms with E-state index < -0.39 is 0 Å². The number of nitrogens with two attached hydrogens (primary N) is 1. The molecule has 2 aromatic carbocycles. The van der Waals surface area contributed by atoms with E-state index in [4.69, 9.17) is 35.4 Å². The molecule has 126 valence electrons. The molecule has 0 aliphatic heterocycles. The number of aromatic amines is 1. The molecule has 25 heavy (non-hydrogen) atoms. The van der Waals surface area contributed by atoms with E-state index in [1.54, 1.807) is 24.3 Å². The number of nitrogens with one attached hydrogen (secondary N) is 1. The largest absolute Gasteiger partial charge is 0.369 e. The van der Waals surface area contributed by atoms with Gasteiger partial charge >= 0.3 is 0 Å². The number of halogens is 2. The zero-order valence-electron chi connectivity index (χ0n) is 13.1. The Morgan fingerprint density at radius 3 is 2.72 bits per heavy atom. The van der Waals surface area contributed by atoms with Gasteiger partial charge in [0.2, 0.25) is 5.95 Å². The van der Waals surface area contributed by atoms with Crippen molar-refractivity contribution < 1.29 is 0 Å². The van der Waals surface area contributed by atoms with Crippen molar-refractivity contribution in [3.8, 4) is 12.3 Å². The average molecular weight is 373 g/mol. The highest BCUT2D eigenvalue weighted by Gasteiger charge is 2.10. The maximum absolute atomic E-state index is 12.1. The van der Waals surface area contributed by atoms with Gasteiger partial charge in [0.1, 0.15) is 0 Å². The third-order valence-corrected chi connectivity index (χ3v) is 4.45. The van der Waals surface area contributed by atoms with Crippen LogP contribution in [0.15, 0.2) is 41.2 Å². The van der Waals surface area contributed by atoms with E-state index in [0.29, 0.717) is 34.0 Å². The smallest absolute Gasteiger partial charge is 0.260 e. The molecule has 7 heteroatoms. The summed E-state index contributed by atoms with van der Waals surface area (Å²) >= 11 is 12.1. The van der Waals surface area contributed by atoms with Crippen LogP contribution in [-0.2, 0) is 6.54 Å². The standard InChI is InChI=1S/C18H14Cl2N4O/c1-2-7-24(12-4-5-14(19)15(20)9-12)10-11-3-6-16-13(8-11)17(25)23-18(21)22-16/h1,3-6,8-9H,7,10H2,(H3,21,22,23,25). The number of nitrogen functional groups attached to an aromatic ring is 1. The van der Waals surface area contributed by atoms with Crippen LogP contribution in [0.1, 0.15) is 5.56 Å². The minimum absolute atomic E-state index is 0.0926. The van der Waals surface area contributed by atoms with Crippen LogP contribution < -0.4 is 16.2 Å². The topological polar surface area (TPSA) is 75.0 Å². The molecule has 0 spiro atoms. The van der Waals surface area contributed by atoms with Crippen molar-refractivity contribution in [2.45, 2.75) is 6.54 Å². The highest BCUT2D eigenvalue weighted by molar-refractivity contribution is 6.42. The van der Waals surface area contributed by atoms with Crippen LogP contribution >= 0.6 is 23.2 Å². The Labute approximate surface area is 154 Å². The predicted octanol–water partition coefficient (Wildman–Crippen LogP) is 3.45. The number of benzene rings is 2. The molecule has 1 heterocycles. The fourth-order valence-corrected chi connectivity index (χ4v) is 2.85. The number of anilines is 2. The summed E-state index contributed by atoms with van der Waals surface area (Å²) in [7, 11) is 0. The second-order valence-corrected chi connectivity index (χ2v) is 6.28. The molecule has 1 aromatic heterocycles. The van der Waals surface area contributed by atoms with E-state index in [0.717, 1.165) is 11.3 Å². The molecule has 0 saturated carbocycles. The molecule has 0 radical (unpaired) electrons. The van der Waals surface area contributed by atoms with Gasteiger partial charge < -0.3 is 10.6 Å². The van der Waals surface area contributed by atoms with E-state index >= 15 is 0 Å². The SMILES string of the molecule is C#CCN(Cc1ccc2nc(N)[nH]c(=O)c2c1)c1ccc(Cl)c(Cl)c1. The highest BCUT2D eigenvalue weighted by atomic mass is 35.5. The van der Waals surface area contributed by atoms with Crippen LogP contribution in [0.4, 0.5) is 11.6 Å². The summed E-state index contributed by atoms with van der Waals surface area (Å²) < 4.78 is 0. The monoisotopic (exact) mass is 372 g/mol. The number of terminal acetylenes is 1. The van der Waals surface area contributed by atoms with Gasteiger partial charge in [-0.05, 0) is 35.9 Å². The average Bonchev–Trinajstić information content (AvgIpc) is 2.57. The van der Waals surface area contributed by atoms with Crippen molar-refractivity contribution in [3.63, 3.8) is 0 Å². The summed E-state index contributed by atoms with van der Waals surface area (Å²) in [6, 6.07) is 10.8. The molecule has 3 N–H and O–H groups in total. The van der Waals surface area contributed by atoms with Crippen molar-refractivity contribution in [1.82, 2.24) is 9.97 Å². The van der Waals surface area contributed by atoms with Gasteiger partial charge in [-0.25, -0.2) is 4.98 Å². The van der Waals surface area contributed by atoms with Gasteiger partial charge in [-0.15, -0.1) is 6.42 Å². The molecule has 0 fully saturated rings. The van der Waals surface area contributed by atoms with Crippen molar-refractivity contribution in [2.24, 2.45) is 0 Å². The fraction of sp³-hybridized carbons (Fsp3) is 0.111. The Balaban J connectivity index is 1.97. The van der Waals surface area contributed by atoms with E-state index in [9.17, 15) is 4.79 Å². The number of aromatic nitrogens is 2. The molecule has 5 nitrogen and oxygen atoms in total. The second kappa shape index (κ2) is 7.06. The Hall–Kier alpha value is -2.68. The van der Waals surface area contributed by atoms with Gasteiger partial charge in [-0.2, -0.15) is 0 Å². The lowest BCUT2D eigenvalue weighted by Crippen LogP contribution is -2.23. The molecule has 0 aliphatic carbocycles. The summed E-state index contributed by atoms with van der Waals surface area (Å²) in [5, 5.41) is 1.41. The zero-order chi connectivity index (χ0) is 18.0. The van der Waals surface area contributed by atoms with Crippen LogP contribution in [0.25, 0.3) is 10.9 Å². The molecule has 0 amide bonds. The summed E-state index contributed by atoms with van der Waals surface area (Å²) in [5.74, 6) is 2.72. The van der Waals surface area contributed by atoms with Gasteiger partial charge in [0, 0.05) is 12.2 Å². The molecule has 0 unspecified atom stereocenters. The predicted molar refractivity (Wildman–Crippen MR) is 103 cm³/mol. The lowest BCUT2D eigenvalue weighted by molar-refractivity contribution is 0.879. The molecule has 0 aliphatic rings. The van der Waals surface area contributed by atoms with Crippen LogP contribution in [0.3, 0.4) is 0 Å². The minimum atomic E-state index is -0.276. The molecule has 3 aromatic rings. The van der Waals surface area contributed by atoms with Crippen LogP contribution in [-0.4, -0.2) is 16.5 Å². The van der Waals surface area contributed by atoms with Gasteiger partial charge in [0.25, 0.3) is 5.56 Å². The third kappa shape index (κ3) is 3.71. The van der Waals surface area contributed by atoms with Gasteiger partial charge in [-0.1, -0.05) is 35.2 Å². The Morgan fingerprint density at radius 1 is 1.20 bits per heavy atom. The van der Waals surface area contributed by atoms with Crippen molar-refractivity contribution >= 4 is 45.7 Å². The van der Waals surface area contributed by atoms with Gasteiger partial charge in [-0.3, -0.25) is 9.78 Å². The van der Waals surface area contributed by atoms with Crippen molar-refractivity contribution in [1.29, 1.82) is 0 Å². The summed E-state index contributed by atoms with van der Waals surface area (Å²) in [6.07, 6.45) is 5.49. The number of nitrogens with zero attached hydrogens (tertiary/aromatic N) is 2. The summed E-state index contributed by atoms with van der Waals surface area (Å²) in [5.41, 5.74) is 7.59.